The van der Waals surface area contributed by atoms with Crippen LogP contribution in [0.3, 0.4) is 0 Å². The van der Waals surface area contributed by atoms with Gasteiger partial charge in [0.05, 0.1) is 5.84 Å². The maximum Gasteiger partial charge on any atom is 0.0963 e. The van der Waals surface area contributed by atoms with Crippen molar-refractivity contribution in [3.05, 3.63) is 0 Å². The van der Waals surface area contributed by atoms with Crippen LogP contribution in [-0.2, 0) is 4.74 Å². The molecule has 0 saturated carbocycles. The smallest absolute Gasteiger partial charge is 0.0963 e. The van der Waals surface area contributed by atoms with Gasteiger partial charge < -0.3 is 10.5 Å². The van der Waals surface area contributed by atoms with E-state index in [9.17, 15) is 0 Å². The van der Waals surface area contributed by atoms with Gasteiger partial charge in [-0.3, -0.25) is 5.41 Å². The fraction of sp³-hybridized carbons (Fsp3) is 0.929. The molecule has 0 rings (SSSR count). The highest BCUT2D eigenvalue weighted by atomic mass is 16.5. The highest BCUT2D eigenvalue weighted by Gasteiger charge is 2.20. The molecule has 0 aromatic heterocycles. The molecule has 3 N–H and O–H groups in total. The van der Waals surface area contributed by atoms with E-state index in [1.807, 2.05) is 13.8 Å². The Morgan fingerprint density at radius 1 is 1.00 bits per heavy atom. The number of nitrogens with one attached hydrogen (secondary N) is 1. The molecule has 0 aromatic rings. The predicted octanol–water partition coefficient (Wildman–Crippen LogP) is 3.57. The molecule has 0 spiro atoms. The van der Waals surface area contributed by atoms with E-state index in [1.54, 1.807) is 0 Å². The van der Waals surface area contributed by atoms with Gasteiger partial charge in [0.2, 0.25) is 0 Å². The first-order chi connectivity index (χ1) is 7.65. The summed E-state index contributed by atoms with van der Waals surface area (Å²) < 4.78 is 5.60. The lowest BCUT2D eigenvalue weighted by atomic mass is 9.86. The van der Waals surface area contributed by atoms with E-state index < -0.39 is 0 Å². The second kappa shape index (κ2) is 7.00. The fourth-order valence-electron chi connectivity index (χ4n) is 1.39. The third-order valence-electron chi connectivity index (χ3n) is 3.07. The Morgan fingerprint density at radius 3 is 2.06 bits per heavy atom. The molecule has 0 saturated heterocycles. The third kappa shape index (κ3) is 9.16. The van der Waals surface area contributed by atoms with Crippen LogP contribution in [-0.4, -0.2) is 19.0 Å². The number of amidine groups is 1. The van der Waals surface area contributed by atoms with E-state index in [0.29, 0.717) is 5.41 Å². The zero-order valence-corrected chi connectivity index (χ0v) is 12.2. The van der Waals surface area contributed by atoms with Gasteiger partial charge in [-0.15, -0.1) is 0 Å². The van der Waals surface area contributed by atoms with Crippen LogP contribution < -0.4 is 5.73 Å². The van der Waals surface area contributed by atoms with Crippen molar-refractivity contribution in [1.29, 1.82) is 5.41 Å². The van der Waals surface area contributed by atoms with Gasteiger partial charge in [0.25, 0.3) is 0 Å². The molecule has 0 aliphatic rings. The van der Waals surface area contributed by atoms with Crippen LogP contribution in [0.5, 0.6) is 0 Å². The van der Waals surface area contributed by atoms with E-state index in [4.69, 9.17) is 15.9 Å². The van der Waals surface area contributed by atoms with E-state index >= 15 is 0 Å². The Morgan fingerprint density at radius 2 is 1.59 bits per heavy atom. The van der Waals surface area contributed by atoms with Gasteiger partial charge in [0.1, 0.15) is 0 Å². The third-order valence-corrected chi connectivity index (χ3v) is 3.07. The molecule has 0 amide bonds. The van der Waals surface area contributed by atoms with Crippen molar-refractivity contribution in [3.8, 4) is 0 Å². The minimum absolute atomic E-state index is 0.161. The molecule has 0 bridgehead atoms. The monoisotopic (exact) mass is 242 g/mol. The molecule has 3 nitrogen and oxygen atoms in total. The van der Waals surface area contributed by atoms with Gasteiger partial charge in [-0.25, -0.2) is 0 Å². The fourth-order valence-corrected chi connectivity index (χ4v) is 1.39. The maximum absolute atomic E-state index is 7.46. The molecule has 0 aliphatic heterocycles. The van der Waals surface area contributed by atoms with Crippen molar-refractivity contribution in [2.75, 3.05) is 13.2 Å². The normalized spacial score (nSPS) is 12.8. The Labute approximate surface area is 107 Å². The average molecular weight is 242 g/mol. The quantitative estimate of drug-likeness (QED) is 0.388. The summed E-state index contributed by atoms with van der Waals surface area (Å²) in [7, 11) is 0. The summed E-state index contributed by atoms with van der Waals surface area (Å²) in [4.78, 5) is 0. The van der Waals surface area contributed by atoms with Gasteiger partial charge >= 0.3 is 0 Å². The van der Waals surface area contributed by atoms with Crippen LogP contribution in [0.1, 0.15) is 60.3 Å². The number of ether oxygens (including phenoxy) is 1. The minimum atomic E-state index is -0.161. The summed E-state index contributed by atoms with van der Waals surface area (Å²) in [5, 5.41) is 7.46. The summed E-state index contributed by atoms with van der Waals surface area (Å²) in [6, 6.07) is 0. The van der Waals surface area contributed by atoms with Gasteiger partial charge in [-0.1, -0.05) is 41.0 Å². The van der Waals surface area contributed by atoms with Crippen LogP contribution in [0.2, 0.25) is 0 Å². The Kier molecular flexibility index (Phi) is 6.76. The predicted molar refractivity (Wildman–Crippen MR) is 74.4 cm³/mol. The van der Waals surface area contributed by atoms with Crippen LogP contribution in [0.4, 0.5) is 0 Å². The Hall–Kier alpha value is -0.570. The standard InChI is InChI=1S/C14H30N2O/c1-13(2,3)9-11-17-10-7-6-8-14(4,5)12(15)16/h6-11H2,1-5H3,(H3,15,16). The lowest BCUT2D eigenvalue weighted by Gasteiger charge is -2.22. The van der Waals surface area contributed by atoms with E-state index in [0.717, 1.165) is 38.9 Å². The molecular formula is C14H30N2O. The second-order valence-electron chi connectivity index (χ2n) is 6.68. The summed E-state index contributed by atoms with van der Waals surface area (Å²) in [5.74, 6) is 0.283. The van der Waals surface area contributed by atoms with Crippen LogP contribution in [0.25, 0.3) is 0 Å². The highest BCUT2D eigenvalue weighted by Crippen LogP contribution is 2.22. The summed E-state index contributed by atoms with van der Waals surface area (Å²) in [5.41, 5.74) is 5.73. The van der Waals surface area contributed by atoms with Crippen LogP contribution in [0, 0.1) is 16.2 Å². The van der Waals surface area contributed by atoms with Crippen LogP contribution >= 0.6 is 0 Å². The lowest BCUT2D eigenvalue weighted by Crippen LogP contribution is -2.30. The summed E-state index contributed by atoms with van der Waals surface area (Å²) >= 11 is 0. The summed E-state index contributed by atoms with van der Waals surface area (Å²) in [6.45, 7) is 12.4. The first-order valence-corrected chi connectivity index (χ1v) is 6.57. The molecule has 0 aromatic carbocycles. The zero-order valence-electron chi connectivity index (χ0n) is 12.2. The van der Waals surface area contributed by atoms with Crippen molar-refractivity contribution >= 4 is 5.84 Å². The molecule has 0 unspecified atom stereocenters. The molecule has 0 heterocycles. The molecule has 17 heavy (non-hydrogen) atoms. The van der Waals surface area contributed by atoms with Crippen molar-refractivity contribution in [2.45, 2.75) is 60.3 Å². The maximum atomic E-state index is 7.46. The van der Waals surface area contributed by atoms with Gasteiger partial charge in [-0.05, 0) is 24.7 Å². The molecule has 0 radical (unpaired) electrons. The molecule has 0 atom stereocenters. The molecule has 0 fully saturated rings. The first-order valence-electron chi connectivity index (χ1n) is 6.57. The molecular weight excluding hydrogens is 212 g/mol. The number of hydrogen-bond donors (Lipinski definition) is 2. The van der Waals surface area contributed by atoms with Gasteiger partial charge in [0.15, 0.2) is 0 Å². The highest BCUT2D eigenvalue weighted by molar-refractivity contribution is 5.82. The SMILES string of the molecule is CC(C)(C)CCOCCCCC(C)(C)C(=N)N. The largest absolute Gasteiger partial charge is 0.387 e. The molecule has 3 heteroatoms. The summed E-state index contributed by atoms with van der Waals surface area (Å²) in [6.07, 6.45) is 4.19. The average Bonchev–Trinajstić information content (AvgIpc) is 2.14. The number of unbranched alkanes of at least 4 members (excludes halogenated alkanes) is 1. The number of nitrogens with two attached hydrogens (primary N) is 1. The Balaban J connectivity index is 3.45. The lowest BCUT2D eigenvalue weighted by molar-refractivity contribution is 0.104. The van der Waals surface area contributed by atoms with Gasteiger partial charge in [0, 0.05) is 18.6 Å². The zero-order chi connectivity index (χ0) is 13.5. The van der Waals surface area contributed by atoms with Crippen molar-refractivity contribution < 1.29 is 4.74 Å². The van der Waals surface area contributed by atoms with E-state index in [2.05, 4.69) is 20.8 Å². The number of rotatable bonds is 8. The van der Waals surface area contributed by atoms with Crippen LogP contribution in [0.15, 0.2) is 0 Å². The van der Waals surface area contributed by atoms with Gasteiger partial charge in [-0.2, -0.15) is 0 Å². The van der Waals surface area contributed by atoms with E-state index in [-0.39, 0.29) is 11.3 Å². The first kappa shape index (κ1) is 16.4. The Bertz CT molecular complexity index is 229. The van der Waals surface area contributed by atoms with Crippen molar-refractivity contribution in [3.63, 3.8) is 0 Å². The van der Waals surface area contributed by atoms with Crippen molar-refractivity contribution in [1.82, 2.24) is 0 Å². The van der Waals surface area contributed by atoms with Crippen molar-refractivity contribution in [2.24, 2.45) is 16.6 Å². The molecule has 102 valence electrons. The number of hydrogen-bond acceptors (Lipinski definition) is 2. The molecule has 0 aliphatic carbocycles. The minimum Gasteiger partial charge on any atom is -0.387 e. The topological polar surface area (TPSA) is 59.1 Å². The second-order valence-corrected chi connectivity index (χ2v) is 6.68. The van der Waals surface area contributed by atoms with E-state index in [1.165, 1.54) is 0 Å².